The topological polar surface area (TPSA) is 63.8 Å². The van der Waals surface area contributed by atoms with E-state index in [0.29, 0.717) is 22.7 Å². The molecule has 0 fully saturated rings. The standard InChI is InChI=1S/C15H17ClN4OSi/c1-22(2,3)7-6-15(21)5-4-11(8-15)20-10-19-12-13(16)17-9-18-14(12)20/h4-5,9-11,21H,8H2,1-3H3/t11-,15-/m0/s1. The summed E-state index contributed by atoms with van der Waals surface area (Å²) < 4.78 is 1.90. The van der Waals surface area contributed by atoms with Crippen molar-refractivity contribution in [3.05, 3.63) is 30.0 Å². The number of imidazole rings is 1. The molecule has 5 nitrogen and oxygen atoms in total. The smallest absolute Gasteiger partial charge is 0.165 e. The number of rotatable bonds is 1. The average molecular weight is 333 g/mol. The van der Waals surface area contributed by atoms with Crippen LogP contribution in [0.1, 0.15) is 12.5 Å². The van der Waals surface area contributed by atoms with E-state index < -0.39 is 13.7 Å². The maximum Gasteiger partial charge on any atom is 0.165 e. The van der Waals surface area contributed by atoms with Crippen LogP contribution in [-0.2, 0) is 0 Å². The third kappa shape index (κ3) is 2.93. The second-order valence-corrected chi connectivity index (χ2v) is 11.7. The molecule has 0 radical (unpaired) electrons. The van der Waals surface area contributed by atoms with Gasteiger partial charge in [-0.1, -0.05) is 43.2 Å². The van der Waals surface area contributed by atoms with Crippen LogP contribution in [0.5, 0.6) is 0 Å². The molecule has 0 unspecified atom stereocenters. The number of aromatic nitrogens is 4. The van der Waals surface area contributed by atoms with Crippen molar-refractivity contribution in [3.63, 3.8) is 0 Å². The largest absolute Gasteiger partial charge is 0.374 e. The summed E-state index contributed by atoms with van der Waals surface area (Å²) in [6.07, 6.45) is 7.28. The Bertz CT molecular complexity index is 814. The van der Waals surface area contributed by atoms with Gasteiger partial charge < -0.3 is 9.67 Å². The van der Waals surface area contributed by atoms with Crippen LogP contribution in [0.15, 0.2) is 24.8 Å². The fourth-order valence-electron chi connectivity index (χ4n) is 2.37. The Balaban J connectivity index is 1.90. The Morgan fingerprint density at radius 1 is 1.36 bits per heavy atom. The van der Waals surface area contributed by atoms with Gasteiger partial charge in [0.25, 0.3) is 0 Å². The lowest BCUT2D eigenvalue weighted by Crippen LogP contribution is -2.25. The van der Waals surface area contributed by atoms with E-state index in [9.17, 15) is 5.11 Å². The van der Waals surface area contributed by atoms with Gasteiger partial charge in [0.15, 0.2) is 10.8 Å². The van der Waals surface area contributed by atoms with Gasteiger partial charge in [0.1, 0.15) is 25.5 Å². The van der Waals surface area contributed by atoms with E-state index in [-0.39, 0.29) is 6.04 Å². The van der Waals surface area contributed by atoms with Crippen LogP contribution in [0.2, 0.25) is 24.8 Å². The second-order valence-electron chi connectivity index (χ2n) is 6.54. The molecule has 7 heteroatoms. The van der Waals surface area contributed by atoms with Gasteiger partial charge in [0.05, 0.1) is 12.4 Å². The van der Waals surface area contributed by atoms with Crippen LogP contribution in [0.3, 0.4) is 0 Å². The minimum atomic E-state index is -1.52. The van der Waals surface area contributed by atoms with Gasteiger partial charge >= 0.3 is 0 Å². The zero-order valence-corrected chi connectivity index (χ0v) is 14.5. The summed E-state index contributed by atoms with van der Waals surface area (Å²) in [4.78, 5) is 12.4. The van der Waals surface area contributed by atoms with Crippen LogP contribution in [0.25, 0.3) is 11.2 Å². The van der Waals surface area contributed by atoms with Crippen LogP contribution in [0.4, 0.5) is 0 Å². The first-order valence-corrected chi connectivity index (χ1v) is 10.9. The predicted molar refractivity (Wildman–Crippen MR) is 89.2 cm³/mol. The highest BCUT2D eigenvalue weighted by molar-refractivity contribution is 6.83. The van der Waals surface area contributed by atoms with Gasteiger partial charge in [-0.05, 0) is 6.08 Å². The highest BCUT2D eigenvalue weighted by Gasteiger charge is 2.32. The molecule has 3 rings (SSSR count). The molecule has 1 aliphatic rings. The van der Waals surface area contributed by atoms with E-state index in [1.54, 1.807) is 12.4 Å². The number of nitrogens with zero attached hydrogens (tertiary/aromatic N) is 4. The van der Waals surface area contributed by atoms with Gasteiger partial charge in [-0.2, -0.15) is 0 Å². The number of halogens is 1. The molecular formula is C15H17ClN4OSi. The summed E-state index contributed by atoms with van der Waals surface area (Å²) >= 11 is 6.02. The summed E-state index contributed by atoms with van der Waals surface area (Å²) in [6.45, 7) is 6.46. The third-order valence-corrected chi connectivity index (χ3v) is 4.59. The number of aliphatic hydroxyl groups is 1. The molecule has 0 bridgehead atoms. The second kappa shape index (κ2) is 5.20. The summed E-state index contributed by atoms with van der Waals surface area (Å²) in [5, 5.41) is 11.0. The van der Waals surface area contributed by atoms with Crippen molar-refractivity contribution in [2.45, 2.75) is 37.7 Å². The summed E-state index contributed by atoms with van der Waals surface area (Å²) in [5.41, 5.74) is 3.38. The molecule has 0 aromatic carbocycles. The van der Waals surface area contributed by atoms with Crippen LogP contribution < -0.4 is 0 Å². The molecule has 0 saturated carbocycles. The first kappa shape index (κ1) is 15.2. The molecule has 0 aliphatic heterocycles. The van der Waals surface area contributed by atoms with Gasteiger partial charge in [0, 0.05) is 6.42 Å². The lowest BCUT2D eigenvalue weighted by Gasteiger charge is -2.18. The van der Waals surface area contributed by atoms with Crippen molar-refractivity contribution in [2.24, 2.45) is 0 Å². The monoisotopic (exact) mass is 332 g/mol. The summed E-state index contributed by atoms with van der Waals surface area (Å²) in [6, 6.07) is -0.0445. The van der Waals surface area contributed by atoms with E-state index in [1.165, 1.54) is 6.33 Å². The van der Waals surface area contributed by atoms with Crippen molar-refractivity contribution < 1.29 is 5.11 Å². The number of fused-ring (bicyclic) bond motifs is 1. The molecule has 0 amide bonds. The van der Waals surface area contributed by atoms with Crippen LogP contribution >= 0.6 is 11.6 Å². The van der Waals surface area contributed by atoms with E-state index in [1.807, 2.05) is 10.6 Å². The van der Waals surface area contributed by atoms with E-state index >= 15 is 0 Å². The number of hydrogen-bond donors (Lipinski definition) is 1. The van der Waals surface area contributed by atoms with Crippen molar-refractivity contribution >= 4 is 30.8 Å². The first-order chi connectivity index (χ1) is 10.3. The zero-order valence-electron chi connectivity index (χ0n) is 12.7. The maximum atomic E-state index is 10.6. The van der Waals surface area contributed by atoms with Crippen molar-refractivity contribution in [1.82, 2.24) is 19.5 Å². The van der Waals surface area contributed by atoms with Gasteiger partial charge in [-0.15, -0.1) is 5.54 Å². The summed E-state index contributed by atoms with van der Waals surface area (Å²) in [5.74, 6) is 3.04. The third-order valence-electron chi connectivity index (χ3n) is 3.44. The van der Waals surface area contributed by atoms with E-state index in [2.05, 4.69) is 46.1 Å². The van der Waals surface area contributed by atoms with Crippen LogP contribution in [-0.4, -0.2) is 38.3 Å². The minimum absolute atomic E-state index is 0.0445. The van der Waals surface area contributed by atoms with Crippen molar-refractivity contribution in [2.75, 3.05) is 0 Å². The Labute approximate surface area is 135 Å². The maximum absolute atomic E-state index is 10.6. The lowest BCUT2D eigenvalue weighted by molar-refractivity contribution is 0.142. The molecular weight excluding hydrogens is 316 g/mol. The fourth-order valence-corrected chi connectivity index (χ4v) is 3.14. The normalized spacial score (nSPS) is 24.5. The number of hydrogen-bond acceptors (Lipinski definition) is 4. The highest BCUT2D eigenvalue weighted by atomic mass is 35.5. The zero-order chi connectivity index (χ0) is 16.0. The van der Waals surface area contributed by atoms with E-state index in [4.69, 9.17) is 11.6 Å². The quantitative estimate of drug-likeness (QED) is 0.377. The Hall–Kier alpha value is -1.68. The Kier molecular flexibility index (Phi) is 3.60. The fraction of sp³-hybridized carbons (Fsp3) is 0.400. The van der Waals surface area contributed by atoms with Crippen LogP contribution in [0, 0.1) is 11.5 Å². The molecule has 2 heterocycles. The van der Waals surface area contributed by atoms with Gasteiger partial charge in [-0.3, -0.25) is 0 Å². The molecule has 2 aromatic heterocycles. The summed E-state index contributed by atoms with van der Waals surface area (Å²) in [7, 11) is -1.52. The predicted octanol–water partition coefficient (Wildman–Crippen LogP) is 2.59. The Morgan fingerprint density at radius 3 is 2.86 bits per heavy atom. The molecule has 2 aromatic rings. The molecule has 114 valence electrons. The first-order valence-electron chi connectivity index (χ1n) is 7.07. The van der Waals surface area contributed by atoms with Crippen molar-refractivity contribution in [1.29, 1.82) is 0 Å². The van der Waals surface area contributed by atoms with Crippen molar-refractivity contribution in [3.8, 4) is 11.5 Å². The lowest BCUT2D eigenvalue weighted by atomic mass is 10.0. The molecule has 1 N–H and O–H groups in total. The highest BCUT2D eigenvalue weighted by Crippen LogP contribution is 2.33. The van der Waals surface area contributed by atoms with E-state index in [0.717, 1.165) is 0 Å². The molecule has 22 heavy (non-hydrogen) atoms. The molecule has 1 aliphatic carbocycles. The average Bonchev–Trinajstić information content (AvgIpc) is 3.01. The minimum Gasteiger partial charge on any atom is -0.374 e. The number of allylic oxidation sites excluding steroid dienone is 1. The Morgan fingerprint density at radius 2 is 2.14 bits per heavy atom. The SMILES string of the molecule is C[Si](C)(C)C#C[C@@]1(O)C=C[C@H](n2cnc3c(Cl)ncnc32)C1. The molecule has 2 atom stereocenters. The van der Waals surface area contributed by atoms with Gasteiger partial charge in [-0.25, -0.2) is 15.0 Å². The van der Waals surface area contributed by atoms with Gasteiger partial charge in [0.2, 0.25) is 0 Å². The molecule has 0 spiro atoms. The molecule has 0 saturated heterocycles.